The molecule has 100 valence electrons. The highest BCUT2D eigenvalue weighted by Crippen LogP contribution is 2.47. The molecule has 0 aliphatic heterocycles. The average Bonchev–Trinajstić information content (AvgIpc) is 3.10. The maximum absolute atomic E-state index is 2.48. The number of hydrogen-bond donors (Lipinski definition) is 0. The van der Waals surface area contributed by atoms with Gasteiger partial charge in [0.1, 0.15) is 0 Å². The maximum Gasteiger partial charge on any atom is -0.0156 e. The summed E-state index contributed by atoms with van der Waals surface area (Å²) in [5.74, 6) is 2.79. The van der Waals surface area contributed by atoms with Gasteiger partial charge in [0.25, 0.3) is 0 Å². The summed E-state index contributed by atoms with van der Waals surface area (Å²) in [5, 5.41) is 0. The molecular formula is C18H28. The molecule has 0 aromatic heterocycles. The summed E-state index contributed by atoms with van der Waals surface area (Å²) < 4.78 is 0. The molecule has 0 heteroatoms. The Kier molecular flexibility index (Phi) is 3.84. The van der Waals surface area contributed by atoms with Crippen LogP contribution in [0.4, 0.5) is 0 Å². The molecule has 0 nitrogen and oxygen atoms in total. The van der Waals surface area contributed by atoms with Gasteiger partial charge in [0, 0.05) is 0 Å². The number of benzene rings is 1. The second kappa shape index (κ2) is 5.07. The van der Waals surface area contributed by atoms with E-state index in [0.717, 1.165) is 5.92 Å². The van der Waals surface area contributed by atoms with Crippen molar-refractivity contribution >= 4 is 0 Å². The molecular weight excluding hydrogens is 216 g/mol. The van der Waals surface area contributed by atoms with Crippen molar-refractivity contribution in [2.75, 3.05) is 0 Å². The van der Waals surface area contributed by atoms with Crippen molar-refractivity contribution in [3.63, 3.8) is 0 Å². The van der Waals surface area contributed by atoms with Crippen molar-refractivity contribution < 1.29 is 0 Å². The third-order valence-corrected chi connectivity index (χ3v) is 4.16. The molecule has 2 rings (SSSR count). The van der Waals surface area contributed by atoms with E-state index in [1.165, 1.54) is 18.4 Å². The summed E-state index contributed by atoms with van der Waals surface area (Å²) in [7, 11) is 0. The Balaban J connectivity index is 2.60. The van der Waals surface area contributed by atoms with E-state index >= 15 is 0 Å². The van der Waals surface area contributed by atoms with Gasteiger partial charge in [-0.25, -0.2) is 0 Å². The first kappa shape index (κ1) is 13.6. The van der Waals surface area contributed by atoms with Crippen LogP contribution in [0.1, 0.15) is 100 Å². The predicted octanol–water partition coefficient (Wildman–Crippen LogP) is 5.93. The summed E-state index contributed by atoms with van der Waals surface area (Å²) in [6, 6.07) is 4.96. The van der Waals surface area contributed by atoms with Gasteiger partial charge in [0.05, 0.1) is 0 Å². The molecule has 1 aromatic rings. The normalized spacial score (nSPS) is 16.1. The predicted molar refractivity (Wildman–Crippen MR) is 80.7 cm³/mol. The first-order valence-electron chi connectivity index (χ1n) is 7.59. The molecule has 0 spiro atoms. The number of hydrogen-bond acceptors (Lipinski definition) is 0. The van der Waals surface area contributed by atoms with E-state index in [4.69, 9.17) is 0 Å². The maximum atomic E-state index is 2.48. The summed E-state index contributed by atoms with van der Waals surface area (Å²) in [6.45, 7) is 14.0. The van der Waals surface area contributed by atoms with Crippen molar-refractivity contribution in [3.05, 3.63) is 34.4 Å². The van der Waals surface area contributed by atoms with Crippen LogP contribution in [0.15, 0.2) is 12.1 Å². The van der Waals surface area contributed by atoms with E-state index in [-0.39, 0.29) is 0 Å². The quantitative estimate of drug-likeness (QED) is 0.615. The van der Waals surface area contributed by atoms with Crippen molar-refractivity contribution in [1.82, 2.24) is 0 Å². The fraction of sp³-hybridized carbons (Fsp3) is 0.667. The summed E-state index contributed by atoms with van der Waals surface area (Å²) in [5.41, 5.74) is 6.45. The lowest BCUT2D eigenvalue weighted by Gasteiger charge is -2.22. The Labute approximate surface area is 113 Å². The van der Waals surface area contributed by atoms with Crippen LogP contribution >= 0.6 is 0 Å². The van der Waals surface area contributed by atoms with Crippen LogP contribution in [0.25, 0.3) is 0 Å². The highest BCUT2D eigenvalue weighted by Gasteiger charge is 2.30. The molecule has 0 amide bonds. The molecule has 1 aliphatic carbocycles. The zero-order valence-corrected chi connectivity index (χ0v) is 12.9. The molecule has 0 radical (unpaired) electrons. The standard InChI is InChI=1S/C18H28/c1-11(2)15-9-16(12(3)4)18(14-7-8-14)17(10-15)13(5)6/h9-14H,7-8H2,1-6H3. The molecule has 1 aromatic carbocycles. The second-order valence-electron chi connectivity index (χ2n) is 6.85. The SMILES string of the molecule is CC(C)c1cc(C(C)C)c(C2CC2)c(C(C)C)c1. The van der Waals surface area contributed by atoms with Crippen molar-refractivity contribution in [1.29, 1.82) is 0 Å². The first-order chi connectivity index (χ1) is 8.41. The first-order valence-corrected chi connectivity index (χ1v) is 7.59. The Bertz CT molecular complexity index is 391. The Morgan fingerprint density at radius 3 is 1.50 bits per heavy atom. The minimum atomic E-state index is 0.633. The van der Waals surface area contributed by atoms with E-state index in [2.05, 4.69) is 53.7 Å². The zero-order valence-electron chi connectivity index (χ0n) is 12.9. The highest BCUT2D eigenvalue weighted by atomic mass is 14.3. The van der Waals surface area contributed by atoms with Crippen molar-refractivity contribution in [2.45, 2.75) is 78.1 Å². The molecule has 0 bridgehead atoms. The van der Waals surface area contributed by atoms with Crippen LogP contribution in [0.2, 0.25) is 0 Å². The van der Waals surface area contributed by atoms with Gasteiger partial charge in [-0.3, -0.25) is 0 Å². The monoisotopic (exact) mass is 244 g/mol. The lowest BCUT2D eigenvalue weighted by atomic mass is 9.83. The lowest BCUT2D eigenvalue weighted by molar-refractivity contribution is 0.776. The lowest BCUT2D eigenvalue weighted by Crippen LogP contribution is -2.05. The highest BCUT2D eigenvalue weighted by molar-refractivity contribution is 5.47. The van der Waals surface area contributed by atoms with Crippen molar-refractivity contribution in [2.24, 2.45) is 0 Å². The molecule has 1 saturated carbocycles. The van der Waals surface area contributed by atoms with Crippen LogP contribution in [-0.2, 0) is 0 Å². The van der Waals surface area contributed by atoms with Crippen LogP contribution in [0.5, 0.6) is 0 Å². The van der Waals surface area contributed by atoms with Gasteiger partial charge < -0.3 is 0 Å². The molecule has 0 N–H and O–H groups in total. The van der Waals surface area contributed by atoms with Crippen LogP contribution < -0.4 is 0 Å². The van der Waals surface area contributed by atoms with Gasteiger partial charge in [-0.15, -0.1) is 0 Å². The van der Waals surface area contributed by atoms with Crippen molar-refractivity contribution in [3.8, 4) is 0 Å². The Morgan fingerprint density at radius 1 is 0.778 bits per heavy atom. The van der Waals surface area contributed by atoms with E-state index < -0.39 is 0 Å². The smallest absolute Gasteiger partial charge is 0.0156 e. The minimum Gasteiger partial charge on any atom is -0.0587 e. The molecule has 0 saturated heterocycles. The zero-order chi connectivity index (χ0) is 13.4. The second-order valence-corrected chi connectivity index (χ2v) is 6.85. The molecule has 0 atom stereocenters. The fourth-order valence-corrected chi connectivity index (χ4v) is 2.86. The van der Waals surface area contributed by atoms with E-state index in [1.807, 2.05) is 0 Å². The van der Waals surface area contributed by atoms with E-state index in [1.54, 1.807) is 16.7 Å². The fourth-order valence-electron chi connectivity index (χ4n) is 2.86. The van der Waals surface area contributed by atoms with Gasteiger partial charge in [-0.05, 0) is 58.8 Å². The topological polar surface area (TPSA) is 0 Å². The van der Waals surface area contributed by atoms with Crippen LogP contribution in [0, 0.1) is 0 Å². The summed E-state index contributed by atoms with van der Waals surface area (Å²) in [4.78, 5) is 0. The van der Waals surface area contributed by atoms with Gasteiger partial charge in [-0.1, -0.05) is 53.7 Å². The summed E-state index contributed by atoms with van der Waals surface area (Å²) >= 11 is 0. The third kappa shape index (κ3) is 2.63. The largest absolute Gasteiger partial charge is 0.0587 e. The number of rotatable bonds is 4. The van der Waals surface area contributed by atoms with Gasteiger partial charge in [0.2, 0.25) is 0 Å². The van der Waals surface area contributed by atoms with Gasteiger partial charge >= 0.3 is 0 Å². The third-order valence-electron chi connectivity index (χ3n) is 4.16. The van der Waals surface area contributed by atoms with Crippen LogP contribution in [0.3, 0.4) is 0 Å². The van der Waals surface area contributed by atoms with Crippen LogP contribution in [-0.4, -0.2) is 0 Å². The van der Waals surface area contributed by atoms with E-state index in [9.17, 15) is 0 Å². The molecule has 1 aliphatic rings. The average molecular weight is 244 g/mol. The Morgan fingerprint density at radius 2 is 1.22 bits per heavy atom. The molecule has 0 unspecified atom stereocenters. The summed E-state index contributed by atoms with van der Waals surface area (Å²) in [6.07, 6.45) is 2.81. The van der Waals surface area contributed by atoms with E-state index in [0.29, 0.717) is 17.8 Å². The van der Waals surface area contributed by atoms with Gasteiger partial charge in [0.15, 0.2) is 0 Å². The molecule has 18 heavy (non-hydrogen) atoms. The van der Waals surface area contributed by atoms with Gasteiger partial charge in [-0.2, -0.15) is 0 Å². The Hall–Kier alpha value is -0.780. The molecule has 1 fully saturated rings. The minimum absolute atomic E-state index is 0.633. The molecule has 0 heterocycles.